The summed E-state index contributed by atoms with van der Waals surface area (Å²) in [7, 11) is -2.23. The van der Waals surface area contributed by atoms with Crippen molar-refractivity contribution in [2.45, 2.75) is 55.2 Å². The van der Waals surface area contributed by atoms with Gasteiger partial charge in [0.05, 0.1) is 17.0 Å². The van der Waals surface area contributed by atoms with Gasteiger partial charge in [0.15, 0.2) is 0 Å². The third-order valence-corrected chi connectivity index (χ3v) is 7.25. The van der Waals surface area contributed by atoms with Crippen LogP contribution in [0, 0.1) is 5.82 Å². The Morgan fingerprint density at radius 1 is 1.12 bits per heavy atom. The van der Waals surface area contributed by atoms with Gasteiger partial charge < -0.3 is 5.11 Å². The molecule has 0 bridgehead atoms. The van der Waals surface area contributed by atoms with Crippen LogP contribution >= 0.6 is 0 Å². The minimum absolute atomic E-state index is 0.0251. The largest absolute Gasteiger partial charge is 0.390 e. The molecule has 3 atom stereocenters. The molecule has 3 rings (SSSR count). The van der Waals surface area contributed by atoms with Gasteiger partial charge in [-0.1, -0.05) is 6.42 Å². The fourth-order valence-corrected chi connectivity index (χ4v) is 5.35. The number of halogens is 1. The quantitative estimate of drug-likeness (QED) is 0.894. The Balaban J connectivity index is 1.79. The molecule has 0 amide bonds. The van der Waals surface area contributed by atoms with Crippen molar-refractivity contribution in [1.29, 1.82) is 0 Å². The topological polar surface area (TPSA) is 60.9 Å². The summed E-state index contributed by atoms with van der Waals surface area (Å²) in [5.74, 6) is -0.469. The molecule has 0 aromatic heterocycles. The van der Waals surface area contributed by atoms with E-state index in [1.54, 1.807) is 0 Å². The van der Waals surface area contributed by atoms with Crippen LogP contribution in [0.4, 0.5) is 4.39 Å². The summed E-state index contributed by atoms with van der Waals surface area (Å²) in [6.07, 6.45) is 4.02. The van der Waals surface area contributed by atoms with Gasteiger partial charge in [-0.2, -0.15) is 4.31 Å². The van der Waals surface area contributed by atoms with Crippen molar-refractivity contribution in [3.8, 4) is 0 Å². The second kappa shape index (κ2) is 7.07. The third kappa shape index (κ3) is 3.35. The summed E-state index contributed by atoms with van der Waals surface area (Å²) in [5, 5.41) is 10.8. The highest BCUT2D eigenvalue weighted by atomic mass is 32.2. The van der Waals surface area contributed by atoms with Gasteiger partial charge in [0.2, 0.25) is 10.0 Å². The zero-order valence-electron chi connectivity index (χ0n) is 13.9. The maximum atomic E-state index is 13.1. The van der Waals surface area contributed by atoms with Gasteiger partial charge in [-0.15, -0.1) is 0 Å². The molecular weight excluding hydrogens is 331 g/mol. The van der Waals surface area contributed by atoms with Gasteiger partial charge in [-0.3, -0.25) is 4.90 Å². The molecule has 0 spiro atoms. The highest BCUT2D eigenvalue weighted by Crippen LogP contribution is 2.31. The van der Waals surface area contributed by atoms with Crippen molar-refractivity contribution in [2.75, 3.05) is 20.1 Å². The second-order valence-electron chi connectivity index (χ2n) is 6.77. The molecular formula is C17H25FN2O3S. The lowest BCUT2D eigenvalue weighted by Gasteiger charge is -2.42. The highest BCUT2D eigenvalue weighted by Gasteiger charge is 2.41. The molecule has 2 fully saturated rings. The summed E-state index contributed by atoms with van der Waals surface area (Å²) in [5.41, 5.74) is 0. The molecule has 1 N–H and O–H groups in total. The standard InChI is InChI=1S/C17H25FN2O3S/c1-19(24(22,23)14-9-7-13(18)8-10-14)15-5-4-6-16(17(15)21)20-11-2-3-12-20/h7-10,15-17,21H,2-6,11-12H2,1H3/t15-,16-,17-/m1/s1. The monoisotopic (exact) mass is 356 g/mol. The Morgan fingerprint density at radius 3 is 2.38 bits per heavy atom. The molecule has 1 saturated carbocycles. The summed E-state index contributed by atoms with van der Waals surface area (Å²) >= 11 is 0. The lowest BCUT2D eigenvalue weighted by molar-refractivity contribution is -0.0104. The number of sulfonamides is 1. The molecule has 0 unspecified atom stereocenters. The zero-order chi connectivity index (χ0) is 17.3. The van der Waals surface area contributed by atoms with Crippen LogP contribution in [0.3, 0.4) is 0 Å². The Labute approximate surface area is 143 Å². The Hall–Kier alpha value is -1.02. The van der Waals surface area contributed by atoms with Crippen LogP contribution in [0.25, 0.3) is 0 Å². The van der Waals surface area contributed by atoms with Gasteiger partial charge in [0, 0.05) is 13.1 Å². The van der Waals surface area contributed by atoms with Crippen molar-refractivity contribution in [3.05, 3.63) is 30.1 Å². The first-order valence-corrected chi connectivity index (χ1v) is 10.0. The third-order valence-electron chi connectivity index (χ3n) is 5.36. The van der Waals surface area contributed by atoms with E-state index < -0.39 is 28.0 Å². The van der Waals surface area contributed by atoms with Crippen LogP contribution in [0.1, 0.15) is 32.1 Å². The minimum atomic E-state index is -3.75. The first kappa shape index (κ1) is 17.8. The predicted octanol–water partition coefficient (Wildman–Crippen LogP) is 1.82. The normalized spacial score (nSPS) is 29.2. The molecule has 2 aliphatic rings. The van der Waals surface area contributed by atoms with E-state index in [1.165, 1.54) is 23.5 Å². The highest BCUT2D eigenvalue weighted by molar-refractivity contribution is 7.89. The van der Waals surface area contributed by atoms with Crippen molar-refractivity contribution < 1.29 is 17.9 Å². The first-order chi connectivity index (χ1) is 11.4. The number of nitrogens with zero attached hydrogens (tertiary/aromatic N) is 2. The van der Waals surface area contributed by atoms with E-state index in [4.69, 9.17) is 0 Å². The van der Waals surface area contributed by atoms with E-state index in [-0.39, 0.29) is 10.9 Å². The molecule has 1 aromatic carbocycles. The second-order valence-corrected chi connectivity index (χ2v) is 8.77. The van der Waals surface area contributed by atoms with Crippen LogP contribution in [-0.2, 0) is 10.0 Å². The number of hydrogen-bond donors (Lipinski definition) is 1. The Kier molecular flexibility index (Phi) is 5.24. The molecule has 24 heavy (non-hydrogen) atoms. The summed E-state index contributed by atoms with van der Waals surface area (Å²) in [6, 6.07) is 4.41. The van der Waals surface area contributed by atoms with Crippen molar-refractivity contribution in [3.63, 3.8) is 0 Å². The lowest BCUT2D eigenvalue weighted by atomic mass is 9.87. The number of hydrogen-bond acceptors (Lipinski definition) is 4. The molecule has 0 radical (unpaired) electrons. The number of benzene rings is 1. The summed E-state index contributed by atoms with van der Waals surface area (Å²) in [6.45, 7) is 1.95. The fourth-order valence-electron chi connectivity index (χ4n) is 3.95. The maximum absolute atomic E-state index is 13.1. The lowest BCUT2D eigenvalue weighted by Crippen LogP contribution is -2.56. The van der Waals surface area contributed by atoms with E-state index in [0.717, 1.165) is 50.9 Å². The Morgan fingerprint density at radius 2 is 1.75 bits per heavy atom. The van der Waals surface area contributed by atoms with Crippen molar-refractivity contribution >= 4 is 10.0 Å². The average molecular weight is 356 g/mol. The maximum Gasteiger partial charge on any atom is 0.243 e. The van der Waals surface area contributed by atoms with Crippen LogP contribution in [-0.4, -0.2) is 61.1 Å². The van der Waals surface area contributed by atoms with E-state index in [1.807, 2.05) is 0 Å². The van der Waals surface area contributed by atoms with Crippen molar-refractivity contribution in [2.24, 2.45) is 0 Å². The van der Waals surface area contributed by atoms with Crippen LogP contribution in [0.5, 0.6) is 0 Å². The van der Waals surface area contributed by atoms with Gasteiger partial charge in [0.1, 0.15) is 5.82 Å². The van der Waals surface area contributed by atoms with E-state index >= 15 is 0 Å². The first-order valence-electron chi connectivity index (χ1n) is 8.57. The van der Waals surface area contributed by atoms with E-state index in [0.29, 0.717) is 6.42 Å². The van der Waals surface area contributed by atoms with Crippen molar-refractivity contribution in [1.82, 2.24) is 9.21 Å². The molecule has 7 heteroatoms. The number of rotatable bonds is 4. The number of likely N-dealkylation sites (tertiary alicyclic amines) is 1. The molecule has 1 aliphatic carbocycles. The molecule has 1 saturated heterocycles. The average Bonchev–Trinajstić information content (AvgIpc) is 3.09. The molecule has 1 aromatic rings. The minimum Gasteiger partial charge on any atom is -0.390 e. The SMILES string of the molecule is CN([C@@H]1CCC[C@@H](N2CCCC2)[C@@H]1O)S(=O)(=O)c1ccc(F)cc1. The zero-order valence-corrected chi connectivity index (χ0v) is 14.8. The predicted molar refractivity (Wildman–Crippen MR) is 89.6 cm³/mol. The van der Waals surface area contributed by atoms with E-state index in [2.05, 4.69) is 4.90 Å². The smallest absolute Gasteiger partial charge is 0.243 e. The molecule has 134 valence electrons. The van der Waals surface area contributed by atoms with Crippen LogP contribution in [0.2, 0.25) is 0 Å². The Bertz CT molecular complexity index is 659. The van der Waals surface area contributed by atoms with Crippen LogP contribution < -0.4 is 0 Å². The number of aliphatic hydroxyl groups is 1. The van der Waals surface area contributed by atoms with Gasteiger partial charge in [0.25, 0.3) is 0 Å². The summed E-state index contributed by atoms with van der Waals surface area (Å²) in [4.78, 5) is 2.34. The summed E-state index contributed by atoms with van der Waals surface area (Å²) < 4.78 is 39.9. The number of aliphatic hydroxyl groups excluding tert-OH is 1. The molecule has 5 nitrogen and oxygen atoms in total. The molecule has 1 heterocycles. The number of likely N-dealkylation sites (N-methyl/N-ethyl adjacent to an activating group) is 1. The van der Waals surface area contributed by atoms with Gasteiger partial charge in [-0.25, -0.2) is 12.8 Å². The molecule has 1 aliphatic heterocycles. The van der Waals surface area contributed by atoms with E-state index in [9.17, 15) is 17.9 Å². The fraction of sp³-hybridized carbons (Fsp3) is 0.647. The van der Waals surface area contributed by atoms with Gasteiger partial charge >= 0.3 is 0 Å². The van der Waals surface area contributed by atoms with Crippen LogP contribution in [0.15, 0.2) is 29.2 Å². The van der Waals surface area contributed by atoms with Gasteiger partial charge in [-0.05, 0) is 63.0 Å².